The standard InChI is InChI=1S/C32H47N3O2/c1-2-3-4-5-6-7-8-9-10-11-12-13-20-25-32(37-27-30-23-18-15-19-24-30)31(34-35-33)28-36-26-29-21-16-14-17-22-29/h14-25,31-32H,2-13,26-28H2,1H3/b25-20+/t31-,32+/m0/s1. The number of rotatable bonds is 22. The lowest BCUT2D eigenvalue weighted by Crippen LogP contribution is -2.30. The SMILES string of the molecule is CCCCCCCCCCCCC/C=C/[C@@H](OCc1ccccc1)[C@H](COCc1ccccc1)N=[N+]=[N-]. The average molecular weight is 506 g/mol. The highest BCUT2D eigenvalue weighted by atomic mass is 16.5. The van der Waals surface area contributed by atoms with Crippen LogP contribution in [0.25, 0.3) is 10.4 Å². The molecule has 0 aliphatic heterocycles. The number of benzene rings is 2. The molecule has 0 spiro atoms. The molecule has 2 atom stereocenters. The zero-order chi connectivity index (χ0) is 26.2. The van der Waals surface area contributed by atoms with Crippen LogP contribution < -0.4 is 0 Å². The van der Waals surface area contributed by atoms with Crippen molar-refractivity contribution in [3.8, 4) is 0 Å². The molecule has 0 aromatic heterocycles. The fraction of sp³-hybridized carbons (Fsp3) is 0.562. The first-order chi connectivity index (χ1) is 18.3. The lowest BCUT2D eigenvalue weighted by Gasteiger charge is -2.21. The van der Waals surface area contributed by atoms with Crippen molar-refractivity contribution < 1.29 is 9.47 Å². The summed E-state index contributed by atoms with van der Waals surface area (Å²) in [5.41, 5.74) is 11.4. The summed E-state index contributed by atoms with van der Waals surface area (Å²) in [6.45, 7) is 3.52. The third-order valence-electron chi connectivity index (χ3n) is 6.56. The molecule has 0 N–H and O–H groups in total. The van der Waals surface area contributed by atoms with Crippen LogP contribution in [-0.2, 0) is 22.7 Å². The molecule has 0 aliphatic carbocycles. The highest BCUT2D eigenvalue weighted by molar-refractivity contribution is 5.14. The first kappa shape index (κ1) is 30.6. The molecule has 2 aromatic rings. The van der Waals surface area contributed by atoms with Crippen molar-refractivity contribution in [2.24, 2.45) is 5.11 Å². The fourth-order valence-electron chi connectivity index (χ4n) is 4.35. The van der Waals surface area contributed by atoms with Crippen LogP contribution in [0.15, 0.2) is 77.9 Å². The molecule has 0 saturated heterocycles. The molecule has 37 heavy (non-hydrogen) atoms. The molecule has 2 aromatic carbocycles. The largest absolute Gasteiger partial charge is 0.376 e. The second kappa shape index (κ2) is 21.5. The maximum atomic E-state index is 9.19. The molecule has 2 rings (SSSR count). The van der Waals surface area contributed by atoms with E-state index in [1.807, 2.05) is 60.7 Å². The summed E-state index contributed by atoms with van der Waals surface area (Å²) < 4.78 is 12.1. The van der Waals surface area contributed by atoms with Gasteiger partial charge in [0.2, 0.25) is 0 Å². The Morgan fingerprint density at radius 3 is 1.86 bits per heavy atom. The van der Waals surface area contributed by atoms with Crippen molar-refractivity contribution in [1.29, 1.82) is 0 Å². The fourth-order valence-corrected chi connectivity index (χ4v) is 4.35. The minimum absolute atomic E-state index is 0.307. The lowest BCUT2D eigenvalue weighted by molar-refractivity contribution is 0.0185. The average Bonchev–Trinajstić information content (AvgIpc) is 2.93. The van der Waals surface area contributed by atoms with Gasteiger partial charge in [-0.25, -0.2) is 0 Å². The van der Waals surface area contributed by atoms with Gasteiger partial charge in [-0.05, 0) is 29.5 Å². The number of azide groups is 1. The van der Waals surface area contributed by atoms with Crippen LogP contribution in [0.5, 0.6) is 0 Å². The van der Waals surface area contributed by atoms with E-state index in [1.165, 1.54) is 70.6 Å². The van der Waals surface area contributed by atoms with Crippen LogP contribution in [-0.4, -0.2) is 18.8 Å². The van der Waals surface area contributed by atoms with Gasteiger partial charge in [-0.1, -0.05) is 149 Å². The van der Waals surface area contributed by atoms with E-state index in [4.69, 9.17) is 9.47 Å². The summed E-state index contributed by atoms with van der Waals surface area (Å²) in [6.07, 6.45) is 19.7. The molecular weight excluding hydrogens is 458 g/mol. The maximum absolute atomic E-state index is 9.19. The van der Waals surface area contributed by atoms with Crippen molar-refractivity contribution in [3.05, 3.63) is 94.4 Å². The summed E-state index contributed by atoms with van der Waals surface area (Å²) in [7, 11) is 0. The summed E-state index contributed by atoms with van der Waals surface area (Å²) in [4.78, 5) is 3.08. The van der Waals surface area contributed by atoms with Gasteiger partial charge in [0.1, 0.15) is 0 Å². The maximum Gasteiger partial charge on any atom is 0.0906 e. The summed E-state index contributed by atoms with van der Waals surface area (Å²) in [5, 5.41) is 4.03. The second-order valence-electron chi connectivity index (χ2n) is 9.79. The minimum Gasteiger partial charge on any atom is -0.376 e. The van der Waals surface area contributed by atoms with Gasteiger partial charge in [-0.3, -0.25) is 0 Å². The third-order valence-corrected chi connectivity index (χ3v) is 6.56. The highest BCUT2D eigenvalue weighted by Crippen LogP contribution is 2.15. The predicted octanol–water partition coefficient (Wildman–Crippen LogP) is 9.72. The van der Waals surface area contributed by atoms with E-state index in [0.29, 0.717) is 19.8 Å². The summed E-state index contributed by atoms with van der Waals surface area (Å²) in [5.74, 6) is 0. The molecule has 0 fully saturated rings. The zero-order valence-electron chi connectivity index (χ0n) is 22.8. The van der Waals surface area contributed by atoms with Crippen LogP contribution in [0.4, 0.5) is 0 Å². The van der Waals surface area contributed by atoms with Crippen molar-refractivity contribution in [2.75, 3.05) is 6.61 Å². The van der Waals surface area contributed by atoms with E-state index < -0.39 is 6.04 Å². The first-order valence-electron chi connectivity index (χ1n) is 14.3. The highest BCUT2D eigenvalue weighted by Gasteiger charge is 2.19. The second-order valence-corrected chi connectivity index (χ2v) is 9.79. The zero-order valence-corrected chi connectivity index (χ0v) is 22.8. The Balaban J connectivity index is 1.76. The van der Waals surface area contributed by atoms with E-state index in [-0.39, 0.29) is 6.10 Å². The van der Waals surface area contributed by atoms with Crippen molar-refractivity contribution >= 4 is 0 Å². The van der Waals surface area contributed by atoms with Crippen LogP contribution in [0.3, 0.4) is 0 Å². The van der Waals surface area contributed by atoms with E-state index in [9.17, 15) is 5.53 Å². The molecule has 202 valence electrons. The van der Waals surface area contributed by atoms with E-state index >= 15 is 0 Å². The van der Waals surface area contributed by atoms with Crippen LogP contribution >= 0.6 is 0 Å². The Hall–Kier alpha value is -2.59. The Bertz CT molecular complexity index is 866. The van der Waals surface area contributed by atoms with Gasteiger partial charge in [0.15, 0.2) is 0 Å². The minimum atomic E-state index is -0.425. The molecule has 0 aliphatic rings. The van der Waals surface area contributed by atoms with Gasteiger partial charge >= 0.3 is 0 Å². The van der Waals surface area contributed by atoms with Gasteiger partial charge in [0.05, 0.1) is 32.0 Å². The van der Waals surface area contributed by atoms with Gasteiger partial charge in [0, 0.05) is 4.91 Å². The Morgan fingerprint density at radius 1 is 0.757 bits per heavy atom. The molecule has 0 saturated carbocycles. The van der Waals surface area contributed by atoms with E-state index in [0.717, 1.165) is 17.5 Å². The quantitative estimate of drug-likeness (QED) is 0.0525. The monoisotopic (exact) mass is 505 g/mol. The topological polar surface area (TPSA) is 67.2 Å². The first-order valence-corrected chi connectivity index (χ1v) is 14.3. The molecule has 0 heterocycles. The number of hydrogen-bond donors (Lipinski definition) is 0. The number of allylic oxidation sites excluding steroid dienone is 1. The summed E-state index contributed by atoms with van der Waals surface area (Å²) in [6, 6.07) is 19.7. The van der Waals surface area contributed by atoms with Crippen LogP contribution in [0.1, 0.15) is 95.1 Å². The number of unbranched alkanes of at least 4 members (excludes halogenated alkanes) is 11. The molecule has 0 unspecified atom stereocenters. The Labute approximate surface area is 224 Å². The van der Waals surface area contributed by atoms with Gasteiger partial charge in [-0.2, -0.15) is 0 Å². The van der Waals surface area contributed by atoms with Crippen LogP contribution in [0, 0.1) is 0 Å². The molecule has 0 bridgehead atoms. The molecule has 0 radical (unpaired) electrons. The summed E-state index contributed by atoms with van der Waals surface area (Å²) >= 11 is 0. The smallest absolute Gasteiger partial charge is 0.0906 e. The Morgan fingerprint density at radius 2 is 1.30 bits per heavy atom. The van der Waals surface area contributed by atoms with Crippen molar-refractivity contribution in [3.63, 3.8) is 0 Å². The molecule has 5 nitrogen and oxygen atoms in total. The third kappa shape index (κ3) is 15.3. The number of hydrogen-bond acceptors (Lipinski definition) is 3. The normalized spacial score (nSPS) is 12.9. The van der Waals surface area contributed by atoms with Crippen LogP contribution in [0.2, 0.25) is 0 Å². The lowest BCUT2D eigenvalue weighted by atomic mass is 10.0. The Kier molecular flexibility index (Phi) is 17.8. The van der Waals surface area contributed by atoms with Crippen molar-refractivity contribution in [2.45, 2.75) is 109 Å². The predicted molar refractivity (Wildman–Crippen MR) is 154 cm³/mol. The van der Waals surface area contributed by atoms with Gasteiger partial charge in [-0.15, -0.1) is 0 Å². The van der Waals surface area contributed by atoms with E-state index in [2.05, 4.69) is 29.1 Å². The molecule has 0 amide bonds. The van der Waals surface area contributed by atoms with E-state index in [1.54, 1.807) is 0 Å². The van der Waals surface area contributed by atoms with Gasteiger partial charge in [0.25, 0.3) is 0 Å². The molecule has 5 heteroatoms. The van der Waals surface area contributed by atoms with Gasteiger partial charge < -0.3 is 9.47 Å². The number of ether oxygens (including phenoxy) is 2. The van der Waals surface area contributed by atoms with Crippen molar-refractivity contribution in [1.82, 2.24) is 0 Å². The molecular formula is C32H47N3O2. The number of nitrogens with zero attached hydrogens (tertiary/aromatic N) is 3.